The Morgan fingerprint density at radius 2 is 1.79 bits per heavy atom. The summed E-state index contributed by atoms with van der Waals surface area (Å²) in [4.78, 5) is 12.1. The molecule has 0 bridgehead atoms. The maximum absolute atomic E-state index is 12.4. The number of carbonyl (C=O) groups is 1. The third kappa shape index (κ3) is 11.4. The van der Waals surface area contributed by atoms with Crippen LogP contribution in [0.4, 0.5) is 18.9 Å². The van der Waals surface area contributed by atoms with Gasteiger partial charge in [0.2, 0.25) is 5.91 Å². The van der Waals surface area contributed by atoms with E-state index in [4.69, 9.17) is 11.6 Å². The lowest BCUT2D eigenvalue weighted by Crippen LogP contribution is -2.29. The molecule has 2 aromatic carbocycles. The number of alkyl halides is 3. The van der Waals surface area contributed by atoms with Crippen LogP contribution in [-0.2, 0) is 11.3 Å². The van der Waals surface area contributed by atoms with Crippen molar-refractivity contribution in [2.45, 2.75) is 66.8 Å². The fourth-order valence-corrected chi connectivity index (χ4v) is 4.14. The van der Waals surface area contributed by atoms with Crippen molar-refractivity contribution in [3.05, 3.63) is 59.3 Å². The highest BCUT2D eigenvalue weighted by molar-refractivity contribution is 6.37. The van der Waals surface area contributed by atoms with Crippen molar-refractivity contribution in [2.24, 2.45) is 0 Å². The van der Waals surface area contributed by atoms with Gasteiger partial charge in [0.25, 0.3) is 0 Å². The Hall–Kier alpha value is -3.84. The lowest BCUT2D eigenvalue weighted by molar-refractivity contribution is -0.274. The summed E-state index contributed by atoms with van der Waals surface area (Å²) in [7, 11) is 0. The zero-order valence-corrected chi connectivity index (χ0v) is 25.9. The summed E-state index contributed by atoms with van der Waals surface area (Å²) in [6.45, 7) is 11.7. The van der Waals surface area contributed by atoms with Crippen molar-refractivity contribution in [3.8, 4) is 11.4 Å². The first-order valence-corrected chi connectivity index (χ1v) is 14.6. The van der Waals surface area contributed by atoms with Gasteiger partial charge >= 0.3 is 6.36 Å². The molecule has 0 atom stereocenters. The van der Waals surface area contributed by atoms with Crippen molar-refractivity contribution in [3.63, 3.8) is 0 Å². The summed E-state index contributed by atoms with van der Waals surface area (Å²) in [5, 5.41) is 25.4. The Bertz CT molecular complexity index is 1390. The van der Waals surface area contributed by atoms with Crippen molar-refractivity contribution in [1.82, 2.24) is 35.6 Å². The Balaban J connectivity index is 0.00000121. The van der Waals surface area contributed by atoms with Gasteiger partial charge in [-0.25, -0.2) is 0 Å². The van der Waals surface area contributed by atoms with E-state index < -0.39 is 6.36 Å². The number of hydrogen-bond donors (Lipinski definition) is 4. The van der Waals surface area contributed by atoms with Crippen LogP contribution < -0.4 is 20.7 Å². The van der Waals surface area contributed by atoms with Crippen molar-refractivity contribution < 1.29 is 22.7 Å². The molecule has 0 aliphatic heterocycles. The summed E-state index contributed by atoms with van der Waals surface area (Å²) in [5.41, 5.74) is 3.42. The summed E-state index contributed by atoms with van der Waals surface area (Å²) < 4.78 is 42.8. The molecule has 0 aliphatic rings. The number of amides is 1. The molecule has 4 N–H and O–H groups in total. The van der Waals surface area contributed by atoms with E-state index in [1.807, 2.05) is 19.9 Å². The monoisotopic (exact) mass is 624 g/mol. The molecule has 236 valence electrons. The zero-order chi connectivity index (χ0) is 31.8. The third-order valence-corrected chi connectivity index (χ3v) is 6.05. The molecule has 10 nitrogen and oxygen atoms in total. The van der Waals surface area contributed by atoms with E-state index in [2.05, 4.69) is 54.9 Å². The molecule has 0 aliphatic carbocycles. The lowest BCUT2D eigenvalue weighted by Gasteiger charge is -2.13. The van der Waals surface area contributed by atoms with Crippen LogP contribution in [0.5, 0.6) is 5.75 Å². The quantitative estimate of drug-likeness (QED) is 0.132. The Labute approximate surface area is 254 Å². The molecule has 0 saturated heterocycles. The molecule has 2 heterocycles. The molecular weight excluding hydrogens is 585 g/mol. The Morgan fingerprint density at radius 3 is 2.44 bits per heavy atom. The minimum absolute atomic E-state index is 0.0961. The highest BCUT2D eigenvalue weighted by Gasteiger charge is 2.31. The van der Waals surface area contributed by atoms with Gasteiger partial charge in [-0.3, -0.25) is 14.5 Å². The van der Waals surface area contributed by atoms with Gasteiger partial charge in [-0.2, -0.15) is 5.10 Å². The van der Waals surface area contributed by atoms with Gasteiger partial charge in [-0.05, 0) is 36.6 Å². The smallest absolute Gasteiger partial charge is 0.406 e. The number of halogens is 4. The molecule has 0 spiro atoms. The maximum atomic E-state index is 12.4. The van der Waals surface area contributed by atoms with E-state index in [1.54, 1.807) is 42.5 Å². The number of hydrogen-bond acceptors (Lipinski definition) is 7. The normalized spacial score (nSPS) is 10.8. The van der Waals surface area contributed by atoms with Gasteiger partial charge in [-0.15, -0.1) is 23.4 Å². The zero-order valence-electron chi connectivity index (χ0n) is 25.1. The second-order valence-corrected chi connectivity index (χ2v) is 9.57. The fraction of sp³-hybridized carbons (Fsp3) is 0.448. The number of rotatable bonds is 12. The molecule has 0 radical (unpaired) electrons. The van der Waals surface area contributed by atoms with Crippen LogP contribution in [-0.4, -0.2) is 56.9 Å². The molecule has 0 unspecified atom stereocenters. The van der Waals surface area contributed by atoms with E-state index in [0.717, 1.165) is 16.6 Å². The van der Waals surface area contributed by atoms with Crippen molar-refractivity contribution in [1.29, 1.82) is 0 Å². The summed E-state index contributed by atoms with van der Waals surface area (Å²) in [6, 6.07) is 6.36. The van der Waals surface area contributed by atoms with Crippen LogP contribution in [0.2, 0.25) is 5.02 Å². The SMILES string of the molecule is CC.CCC.Cc1cc(CNCCC(=O)NCCCNc2cc(-n3cnnc3)c(Cl)c3[nH]ncc23)ccc1OC(F)(F)F. The second-order valence-electron chi connectivity index (χ2n) is 9.20. The number of aromatic amines is 1. The minimum atomic E-state index is -4.72. The predicted molar refractivity (Wildman–Crippen MR) is 164 cm³/mol. The number of nitrogens with zero attached hydrogens (tertiary/aromatic N) is 4. The number of carbonyl (C=O) groups excluding carboxylic acids is 1. The third-order valence-electron chi connectivity index (χ3n) is 5.67. The van der Waals surface area contributed by atoms with Gasteiger partial charge < -0.3 is 20.7 Å². The predicted octanol–water partition coefficient (Wildman–Crippen LogP) is 6.54. The number of anilines is 1. The summed E-state index contributed by atoms with van der Waals surface area (Å²) >= 11 is 6.52. The van der Waals surface area contributed by atoms with Crippen molar-refractivity contribution >= 4 is 34.1 Å². The van der Waals surface area contributed by atoms with Crippen LogP contribution in [0.25, 0.3) is 16.6 Å². The van der Waals surface area contributed by atoms with Crippen LogP contribution in [0.15, 0.2) is 43.1 Å². The first-order valence-electron chi connectivity index (χ1n) is 14.2. The molecule has 0 saturated carbocycles. The van der Waals surface area contributed by atoms with E-state index in [1.165, 1.54) is 12.5 Å². The maximum Gasteiger partial charge on any atom is 0.573 e. The highest BCUT2D eigenvalue weighted by Crippen LogP contribution is 2.34. The molecule has 4 rings (SSSR count). The molecule has 14 heteroatoms. The summed E-state index contributed by atoms with van der Waals surface area (Å²) in [6.07, 6.45) is 2.30. The van der Waals surface area contributed by atoms with Crippen LogP contribution in [0.1, 0.15) is 58.1 Å². The van der Waals surface area contributed by atoms with Gasteiger partial charge in [0, 0.05) is 43.7 Å². The number of H-pyrrole nitrogens is 1. The number of benzene rings is 2. The van der Waals surface area contributed by atoms with Gasteiger partial charge in [0.05, 0.1) is 22.4 Å². The van der Waals surface area contributed by atoms with Gasteiger partial charge in [-0.1, -0.05) is 57.8 Å². The Kier molecular flexibility index (Phi) is 14.8. The topological polar surface area (TPSA) is 122 Å². The van der Waals surface area contributed by atoms with Crippen molar-refractivity contribution in [2.75, 3.05) is 25.0 Å². The first kappa shape index (κ1) is 35.4. The average Bonchev–Trinajstić information content (AvgIpc) is 3.68. The molecule has 0 fully saturated rings. The molecule has 4 aromatic rings. The largest absolute Gasteiger partial charge is 0.573 e. The Morgan fingerprint density at radius 1 is 1.09 bits per heavy atom. The molecular formula is C29H40ClF3N8O2. The standard InChI is InChI=1S/C24H26ClF3N8O2.C3H8.C2H6/c1-15-9-16(3-4-20(15)38-24(26,27)28)11-29-8-5-21(37)31-7-2-6-30-18-10-19(36-13-33-34-14-36)22(25)23-17(18)12-32-35-23;1-3-2;1-2/h3-4,9-10,12-14,29-30H,2,5-8,11H2,1H3,(H,31,37)(H,32,35);3H2,1-2H3;1-2H3. The molecule has 1 amide bonds. The fourth-order valence-electron chi connectivity index (χ4n) is 3.85. The molecule has 2 aromatic heterocycles. The number of fused-ring (bicyclic) bond motifs is 1. The van der Waals surface area contributed by atoms with E-state index in [-0.39, 0.29) is 18.1 Å². The number of aryl methyl sites for hydroxylation is 1. The number of nitrogens with one attached hydrogen (secondary N) is 4. The first-order chi connectivity index (χ1) is 20.6. The van der Waals surface area contributed by atoms with Gasteiger partial charge in [0.15, 0.2) is 0 Å². The van der Waals surface area contributed by atoms with E-state index >= 15 is 0 Å². The summed E-state index contributed by atoms with van der Waals surface area (Å²) in [5.74, 6) is -0.322. The number of ether oxygens (including phenoxy) is 1. The average molecular weight is 625 g/mol. The minimum Gasteiger partial charge on any atom is -0.406 e. The van der Waals surface area contributed by atoms with E-state index in [0.29, 0.717) is 54.4 Å². The van der Waals surface area contributed by atoms with Crippen LogP contribution >= 0.6 is 11.6 Å². The van der Waals surface area contributed by atoms with Gasteiger partial charge in [0.1, 0.15) is 18.4 Å². The van der Waals surface area contributed by atoms with Crippen LogP contribution in [0.3, 0.4) is 0 Å². The highest BCUT2D eigenvalue weighted by atomic mass is 35.5. The second kappa shape index (κ2) is 18.0. The van der Waals surface area contributed by atoms with E-state index in [9.17, 15) is 18.0 Å². The lowest BCUT2D eigenvalue weighted by atomic mass is 10.1. The number of aromatic nitrogens is 5. The van der Waals surface area contributed by atoms with Crippen LogP contribution in [0, 0.1) is 6.92 Å². The molecule has 43 heavy (non-hydrogen) atoms.